The molecule has 0 atom stereocenters. The van der Waals surface area contributed by atoms with Crippen LogP contribution in [0.1, 0.15) is 19.8 Å². The van der Waals surface area contributed by atoms with Crippen molar-refractivity contribution in [2.45, 2.75) is 24.7 Å². The number of carbonyl (C=O) groups is 1. The zero-order valence-corrected chi connectivity index (χ0v) is 18.4. The summed E-state index contributed by atoms with van der Waals surface area (Å²) in [4.78, 5) is 22.7. The van der Waals surface area contributed by atoms with Crippen LogP contribution in [0.4, 0.5) is 11.4 Å². The first-order chi connectivity index (χ1) is 14.7. The summed E-state index contributed by atoms with van der Waals surface area (Å²) in [5.41, 5.74) is 0.206. The van der Waals surface area contributed by atoms with Crippen molar-refractivity contribution in [1.82, 2.24) is 4.31 Å². The lowest BCUT2D eigenvalue weighted by Gasteiger charge is -2.30. The number of nitro groups is 1. The number of nitrogens with one attached hydrogen (secondary N) is 1. The third kappa shape index (κ3) is 5.15. The summed E-state index contributed by atoms with van der Waals surface area (Å²) in [6, 6.07) is 10.4. The minimum atomic E-state index is -4.03. The molecule has 0 radical (unpaired) electrons. The van der Waals surface area contributed by atoms with Crippen LogP contribution in [0, 0.1) is 16.0 Å². The Morgan fingerprint density at radius 3 is 2.58 bits per heavy atom. The van der Waals surface area contributed by atoms with E-state index in [-0.39, 0.29) is 40.5 Å². The van der Waals surface area contributed by atoms with E-state index >= 15 is 0 Å². The molecule has 1 saturated heterocycles. The number of benzene rings is 2. The van der Waals surface area contributed by atoms with E-state index in [0.29, 0.717) is 30.9 Å². The second-order valence-electron chi connectivity index (χ2n) is 6.97. The molecular weight excluding hydrogens is 446 g/mol. The highest BCUT2D eigenvalue weighted by Crippen LogP contribution is 2.32. The van der Waals surface area contributed by atoms with Gasteiger partial charge in [-0.25, -0.2) is 8.42 Å². The topological polar surface area (TPSA) is 119 Å². The molecule has 0 bridgehead atoms. The maximum Gasteiger partial charge on any atom is 0.270 e. The summed E-state index contributed by atoms with van der Waals surface area (Å²) < 4.78 is 32.7. The van der Waals surface area contributed by atoms with E-state index in [0.717, 1.165) is 12.1 Å². The molecule has 1 fully saturated rings. The SMILES string of the molecule is CCOc1ccccc1NC(=O)C1CCN(S(=O)(=O)c2cc([N+](=O)[O-])ccc2Cl)CC1. The van der Waals surface area contributed by atoms with Gasteiger partial charge in [0, 0.05) is 31.1 Å². The molecule has 0 saturated carbocycles. The second kappa shape index (κ2) is 9.63. The molecule has 31 heavy (non-hydrogen) atoms. The smallest absolute Gasteiger partial charge is 0.270 e. The molecule has 9 nitrogen and oxygen atoms in total. The zero-order valence-electron chi connectivity index (χ0n) is 16.8. The quantitative estimate of drug-likeness (QED) is 0.490. The van der Waals surface area contributed by atoms with Crippen molar-refractivity contribution in [2.75, 3.05) is 25.0 Å². The fourth-order valence-electron chi connectivity index (χ4n) is 3.39. The molecule has 1 N–H and O–H groups in total. The Balaban J connectivity index is 1.69. The fourth-order valence-corrected chi connectivity index (χ4v) is 5.35. The molecule has 3 rings (SSSR count). The number of sulfonamides is 1. The zero-order chi connectivity index (χ0) is 22.6. The molecule has 1 amide bonds. The number of nitro benzene ring substituents is 1. The molecule has 0 spiro atoms. The van der Waals surface area contributed by atoms with Gasteiger partial charge in [-0.1, -0.05) is 23.7 Å². The number of piperidine rings is 1. The van der Waals surface area contributed by atoms with Gasteiger partial charge in [0.1, 0.15) is 10.6 Å². The van der Waals surface area contributed by atoms with Crippen LogP contribution in [-0.4, -0.2) is 43.2 Å². The van der Waals surface area contributed by atoms with Gasteiger partial charge in [-0.15, -0.1) is 0 Å². The van der Waals surface area contributed by atoms with Gasteiger partial charge in [0.25, 0.3) is 5.69 Å². The van der Waals surface area contributed by atoms with E-state index in [1.165, 1.54) is 10.4 Å². The highest BCUT2D eigenvalue weighted by Gasteiger charge is 2.34. The monoisotopic (exact) mass is 467 g/mol. The molecule has 166 valence electrons. The molecule has 11 heteroatoms. The maximum absolute atomic E-state index is 13.0. The Kier molecular flexibility index (Phi) is 7.14. The molecule has 0 aromatic heterocycles. The minimum absolute atomic E-state index is 0.0852. The first-order valence-electron chi connectivity index (χ1n) is 9.70. The molecule has 1 aliphatic heterocycles. The van der Waals surface area contributed by atoms with Crippen LogP contribution in [0.3, 0.4) is 0 Å². The number of rotatable bonds is 7. The number of hydrogen-bond donors (Lipinski definition) is 1. The van der Waals surface area contributed by atoms with Crippen LogP contribution in [0.15, 0.2) is 47.4 Å². The molecular formula is C20H22ClN3O6S. The van der Waals surface area contributed by atoms with Crippen molar-refractivity contribution < 1.29 is 22.9 Å². The van der Waals surface area contributed by atoms with E-state index in [9.17, 15) is 23.3 Å². The van der Waals surface area contributed by atoms with E-state index < -0.39 is 14.9 Å². The second-order valence-corrected chi connectivity index (χ2v) is 9.28. The molecule has 0 unspecified atom stereocenters. The van der Waals surface area contributed by atoms with Gasteiger partial charge in [0.2, 0.25) is 15.9 Å². The lowest BCUT2D eigenvalue weighted by atomic mass is 9.97. The summed E-state index contributed by atoms with van der Waals surface area (Å²) in [5, 5.41) is 13.8. The maximum atomic E-state index is 13.0. The van der Waals surface area contributed by atoms with E-state index in [2.05, 4.69) is 5.32 Å². The standard InChI is InChI=1S/C20H22ClN3O6S/c1-2-30-18-6-4-3-5-17(18)22-20(25)14-9-11-23(12-10-14)31(28,29)19-13-15(24(26)27)7-8-16(19)21/h3-8,13-14H,2,9-12H2,1H3,(H,22,25). The number of non-ortho nitro benzene ring substituents is 1. The van der Waals surface area contributed by atoms with Gasteiger partial charge in [-0.2, -0.15) is 4.31 Å². The van der Waals surface area contributed by atoms with Gasteiger partial charge < -0.3 is 10.1 Å². The number of para-hydroxylation sites is 2. The normalized spacial score (nSPS) is 15.4. The van der Waals surface area contributed by atoms with Crippen LogP contribution in [0.2, 0.25) is 5.02 Å². The number of amides is 1. The van der Waals surface area contributed by atoms with Crippen LogP contribution in [0.5, 0.6) is 5.75 Å². The number of anilines is 1. The van der Waals surface area contributed by atoms with Gasteiger partial charge >= 0.3 is 0 Å². The van der Waals surface area contributed by atoms with E-state index in [1.54, 1.807) is 18.2 Å². The van der Waals surface area contributed by atoms with Crippen molar-refractivity contribution in [3.05, 3.63) is 57.6 Å². The highest BCUT2D eigenvalue weighted by atomic mass is 35.5. The average Bonchev–Trinajstić information content (AvgIpc) is 2.75. The predicted octanol–water partition coefficient (Wildman–Crippen LogP) is 3.69. The number of hydrogen-bond acceptors (Lipinski definition) is 6. The predicted molar refractivity (Wildman–Crippen MR) is 116 cm³/mol. The minimum Gasteiger partial charge on any atom is -0.492 e. The number of halogens is 1. The fraction of sp³-hybridized carbons (Fsp3) is 0.350. The van der Waals surface area contributed by atoms with Crippen LogP contribution in [-0.2, 0) is 14.8 Å². The van der Waals surface area contributed by atoms with Gasteiger partial charge in [0.15, 0.2) is 0 Å². The number of nitrogens with zero attached hydrogens (tertiary/aromatic N) is 2. The summed E-state index contributed by atoms with van der Waals surface area (Å²) in [6.07, 6.45) is 0.628. The lowest BCUT2D eigenvalue weighted by molar-refractivity contribution is -0.385. The molecule has 1 aliphatic rings. The molecule has 0 aliphatic carbocycles. The third-order valence-electron chi connectivity index (χ3n) is 5.01. The third-order valence-corrected chi connectivity index (χ3v) is 7.39. The van der Waals surface area contributed by atoms with Gasteiger partial charge in [0.05, 0.1) is 22.2 Å². The van der Waals surface area contributed by atoms with Crippen molar-refractivity contribution in [3.63, 3.8) is 0 Å². The van der Waals surface area contributed by atoms with E-state index in [1.807, 2.05) is 13.0 Å². The molecule has 2 aromatic carbocycles. The van der Waals surface area contributed by atoms with Crippen LogP contribution in [0.25, 0.3) is 0 Å². The number of carbonyl (C=O) groups excluding carboxylic acids is 1. The van der Waals surface area contributed by atoms with Crippen molar-refractivity contribution >= 4 is 38.9 Å². The van der Waals surface area contributed by atoms with Crippen LogP contribution >= 0.6 is 11.6 Å². The Morgan fingerprint density at radius 2 is 1.94 bits per heavy atom. The lowest BCUT2D eigenvalue weighted by Crippen LogP contribution is -2.41. The Morgan fingerprint density at radius 1 is 1.26 bits per heavy atom. The van der Waals surface area contributed by atoms with Gasteiger partial charge in [-0.3, -0.25) is 14.9 Å². The Bertz CT molecular complexity index is 1080. The van der Waals surface area contributed by atoms with Crippen molar-refractivity contribution in [2.24, 2.45) is 5.92 Å². The molecule has 2 aromatic rings. The first-order valence-corrected chi connectivity index (χ1v) is 11.5. The number of ether oxygens (including phenoxy) is 1. The summed E-state index contributed by atoms with van der Waals surface area (Å²) >= 11 is 6.01. The largest absolute Gasteiger partial charge is 0.492 e. The highest BCUT2D eigenvalue weighted by molar-refractivity contribution is 7.89. The Hall–Kier alpha value is -2.69. The van der Waals surface area contributed by atoms with E-state index in [4.69, 9.17) is 16.3 Å². The van der Waals surface area contributed by atoms with Crippen molar-refractivity contribution in [3.8, 4) is 5.75 Å². The van der Waals surface area contributed by atoms with Crippen molar-refractivity contribution in [1.29, 1.82) is 0 Å². The van der Waals surface area contributed by atoms with Crippen LogP contribution < -0.4 is 10.1 Å². The first kappa shape index (κ1) is 23.0. The Labute approximate surface area is 185 Å². The molecule has 1 heterocycles. The summed E-state index contributed by atoms with van der Waals surface area (Å²) in [5.74, 6) is -0.0158. The summed E-state index contributed by atoms with van der Waals surface area (Å²) in [7, 11) is -4.03. The average molecular weight is 468 g/mol. The summed E-state index contributed by atoms with van der Waals surface area (Å²) in [6.45, 7) is 2.52. The van der Waals surface area contributed by atoms with Gasteiger partial charge in [-0.05, 0) is 38.0 Å².